The maximum absolute atomic E-state index is 12.6. The van der Waals surface area contributed by atoms with Gasteiger partial charge in [0.1, 0.15) is 11.3 Å². The van der Waals surface area contributed by atoms with E-state index in [0.717, 1.165) is 76.6 Å². The molecule has 0 saturated carbocycles. The number of halogens is 4. The third-order valence-electron chi connectivity index (χ3n) is 11.5. The average molecular weight is 1090 g/mol. The molecule has 2 fully saturated rings. The molecule has 6 heterocycles. The number of ether oxygens (including phenoxy) is 1. The summed E-state index contributed by atoms with van der Waals surface area (Å²) in [4.78, 5) is 72.9. The number of aromatic nitrogens is 6. The number of carbonyl (C=O) groups excluding carboxylic acids is 2. The minimum absolute atomic E-state index is 0. The molecule has 7 N–H and O–H groups in total. The number of likely N-dealkylation sites (tertiary alicyclic amines) is 2. The van der Waals surface area contributed by atoms with Gasteiger partial charge in [0.15, 0.2) is 0 Å². The van der Waals surface area contributed by atoms with Gasteiger partial charge < -0.3 is 31.5 Å². The number of H-pyrrole nitrogens is 2. The first kappa shape index (κ1) is 62.4. The monoisotopic (exact) mass is 1090 g/mol. The van der Waals surface area contributed by atoms with E-state index in [1.165, 1.54) is 13.3 Å². The molecule has 2 saturated heterocycles. The Bertz CT molecular complexity index is 3000. The summed E-state index contributed by atoms with van der Waals surface area (Å²) in [5.74, 6) is 1.16. The van der Waals surface area contributed by atoms with Crippen molar-refractivity contribution in [2.24, 2.45) is 23.3 Å². The number of nitrogens with zero attached hydrogens (tertiary/aromatic N) is 6. The predicted molar refractivity (Wildman–Crippen MR) is 300 cm³/mol. The van der Waals surface area contributed by atoms with Gasteiger partial charge >= 0.3 is 5.97 Å². The third-order valence-corrected chi connectivity index (χ3v) is 13.0. The molecule has 0 aliphatic carbocycles. The number of esters is 1. The molecule has 2 aliphatic heterocycles. The van der Waals surface area contributed by atoms with Crippen molar-refractivity contribution < 1.29 is 22.7 Å². The van der Waals surface area contributed by atoms with Gasteiger partial charge in [-0.3, -0.25) is 29.0 Å². The number of pyridine rings is 2. The second-order valence-corrected chi connectivity index (χ2v) is 19.7. The number of hydrogen-bond acceptors (Lipinski definition) is 15. The molecule has 1 amide bonds. The van der Waals surface area contributed by atoms with Crippen LogP contribution in [0.2, 0.25) is 10.0 Å². The highest BCUT2D eigenvalue weighted by Crippen LogP contribution is 2.28. The minimum atomic E-state index is -3.54. The van der Waals surface area contributed by atoms with Gasteiger partial charge in [-0.2, -0.15) is 4.98 Å². The number of primary amides is 1. The summed E-state index contributed by atoms with van der Waals surface area (Å²) in [6, 6.07) is 17.5. The largest absolute Gasteiger partial charge is 0.468 e. The number of piperidine rings is 2. The summed E-state index contributed by atoms with van der Waals surface area (Å²) in [5.41, 5.74) is 12.7. The van der Waals surface area contributed by atoms with E-state index < -0.39 is 28.2 Å². The van der Waals surface area contributed by atoms with E-state index in [-0.39, 0.29) is 53.1 Å². The zero-order chi connectivity index (χ0) is 51.8. The van der Waals surface area contributed by atoms with Crippen molar-refractivity contribution >= 4 is 141 Å². The van der Waals surface area contributed by atoms with Crippen LogP contribution >= 0.6 is 48.0 Å². The molecule has 8 radical (unpaired) electrons. The van der Waals surface area contributed by atoms with E-state index in [0.29, 0.717) is 74.2 Å². The molecule has 4 aromatic heterocycles. The molecule has 8 rings (SSSR count). The number of anilines is 1. The van der Waals surface area contributed by atoms with Gasteiger partial charge in [-0.25, -0.2) is 23.4 Å². The summed E-state index contributed by atoms with van der Waals surface area (Å²) in [7, 11) is 17.7. The Morgan fingerprint density at radius 1 is 0.753 bits per heavy atom. The molecular formula is C44H53B6Cl4N11O7S. The number of carbonyl (C=O) groups is 2. The SMILES string of the molecule is COC(=O)CN1CCC(CNc2ncc3cc(-c4ccccc4Cl)c(=O)[nH]c3n2)CC1.CS(=O)(=O)c1ncc2cc(-c3ccccc3Cl)c(=O)[nH]c2n1.Cl.Cl.NCC1CCN(CC(N)=O)CC1.[B]B([B])B([B])[B]. The van der Waals surface area contributed by atoms with Crippen LogP contribution in [0.4, 0.5) is 5.95 Å². The lowest BCUT2D eigenvalue weighted by atomic mass is 8.81. The fourth-order valence-electron chi connectivity index (χ4n) is 7.42. The Morgan fingerprint density at radius 2 is 1.21 bits per heavy atom. The lowest BCUT2D eigenvalue weighted by Crippen LogP contribution is -2.40. The van der Waals surface area contributed by atoms with Crippen molar-refractivity contribution in [1.82, 2.24) is 39.7 Å². The molecule has 29 heteroatoms. The summed E-state index contributed by atoms with van der Waals surface area (Å²) >= 11 is 12.3. The van der Waals surface area contributed by atoms with Crippen LogP contribution in [0.5, 0.6) is 0 Å². The Labute approximate surface area is 452 Å². The van der Waals surface area contributed by atoms with Crippen molar-refractivity contribution in [2.75, 3.05) is 71.0 Å². The molecule has 0 unspecified atom stereocenters. The number of sulfone groups is 1. The van der Waals surface area contributed by atoms with Gasteiger partial charge in [0.2, 0.25) is 26.8 Å². The number of aromatic amines is 2. The number of fused-ring (bicyclic) bond motifs is 2. The van der Waals surface area contributed by atoms with E-state index >= 15 is 0 Å². The van der Waals surface area contributed by atoms with Crippen molar-refractivity contribution in [2.45, 2.75) is 30.8 Å². The maximum Gasteiger partial charge on any atom is 0.319 e. The first-order valence-electron chi connectivity index (χ1n) is 22.5. The Morgan fingerprint density at radius 3 is 1.64 bits per heavy atom. The van der Waals surface area contributed by atoms with Gasteiger partial charge in [-0.1, -0.05) is 59.6 Å². The molecule has 6 aromatic rings. The van der Waals surface area contributed by atoms with Crippen LogP contribution in [0.1, 0.15) is 25.7 Å². The number of nitrogens with two attached hydrogens (primary N) is 2. The van der Waals surface area contributed by atoms with E-state index in [4.69, 9.17) is 70.4 Å². The highest BCUT2D eigenvalue weighted by atomic mass is 35.5. The molecule has 2 aromatic carbocycles. The predicted octanol–water partition coefficient (Wildman–Crippen LogP) is 2.68. The molecule has 18 nitrogen and oxygen atoms in total. The molecular weight excluding hydrogens is 1030 g/mol. The number of nitrogens with one attached hydrogen (secondary N) is 3. The standard InChI is InChI=1S/C22H24ClN5O3.C14H10ClN3O3S.C8H17N3O.B6.2ClH/c1-31-19(29)13-28-8-6-14(7-9-28)11-24-22-25-12-15-10-17(21(30)26-20(15)27-22)16-4-2-3-5-18(16)23;1-22(20,21)14-16-7-8-6-10(13(19)17-12(8)18-14)9-4-2-3-5-11(9)15;9-5-7-1-3-11(4-2-7)6-8(10)12;1-5(2)6(3)4;;/h2-5,10,12,14H,6-9,11,13H2,1H3,(H2,24,25,26,27,30);2-7H,1H3,(H,16,17,18,19);7H,1-6,9H2,(H2,10,12);;2*1H. The third kappa shape index (κ3) is 19.1. The number of rotatable bonds is 12. The quantitative estimate of drug-likeness (QED) is 0.0670. The first-order valence-corrected chi connectivity index (χ1v) is 25.2. The lowest BCUT2D eigenvalue weighted by Gasteiger charge is -2.31. The Balaban J connectivity index is 0.000000291. The van der Waals surface area contributed by atoms with Crippen LogP contribution in [0.25, 0.3) is 44.3 Å². The highest BCUT2D eigenvalue weighted by molar-refractivity contribution is 7.90. The summed E-state index contributed by atoms with van der Waals surface area (Å²) < 4.78 is 27.6. The fourth-order valence-corrected chi connectivity index (χ4v) is 8.40. The first-order chi connectivity index (χ1) is 33.8. The molecule has 0 atom stereocenters. The zero-order valence-corrected chi connectivity index (χ0v) is 44.2. The van der Waals surface area contributed by atoms with E-state index in [1.807, 2.05) is 18.2 Å². The molecule has 73 heavy (non-hydrogen) atoms. The number of amides is 1. The summed E-state index contributed by atoms with van der Waals surface area (Å²) in [5, 5.41) is 5.15. The van der Waals surface area contributed by atoms with Gasteiger partial charge in [0.25, 0.3) is 11.1 Å². The summed E-state index contributed by atoms with van der Waals surface area (Å²) in [6.07, 6.45) is 7.04. The van der Waals surface area contributed by atoms with Crippen LogP contribution < -0.4 is 27.9 Å². The topological polar surface area (TPSA) is 265 Å². The zero-order valence-electron chi connectivity index (χ0n) is 40.2. The van der Waals surface area contributed by atoms with Crippen molar-refractivity contribution in [3.8, 4) is 22.3 Å². The molecule has 378 valence electrons. The van der Waals surface area contributed by atoms with Crippen LogP contribution in [-0.2, 0) is 24.2 Å². The number of methoxy groups -OCH3 is 1. The van der Waals surface area contributed by atoms with E-state index in [2.05, 4.69) is 45.0 Å². The van der Waals surface area contributed by atoms with Crippen LogP contribution in [0.15, 0.2) is 87.8 Å². The van der Waals surface area contributed by atoms with Crippen LogP contribution in [0.3, 0.4) is 0 Å². The normalized spacial score (nSPS) is 14.0. The lowest BCUT2D eigenvalue weighted by molar-refractivity contribution is -0.142. The number of hydrogen-bond donors (Lipinski definition) is 5. The smallest absolute Gasteiger partial charge is 0.319 e. The van der Waals surface area contributed by atoms with Gasteiger partial charge in [0.05, 0.1) is 20.2 Å². The average Bonchev–Trinajstić information content (AvgIpc) is 3.34. The summed E-state index contributed by atoms with van der Waals surface area (Å²) in [6.45, 7) is 5.89. The van der Waals surface area contributed by atoms with Gasteiger partial charge in [0, 0.05) is 112 Å². The Kier molecular flexibility index (Phi) is 25.6. The van der Waals surface area contributed by atoms with Crippen LogP contribution in [-0.4, -0.2) is 169 Å². The Hall–Kier alpha value is -4.86. The number of benzene rings is 2. The molecule has 0 spiro atoms. The van der Waals surface area contributed by atoms with Crippen molar-refractivity contribution in [1.29, 1.82) is 0 Å². The fraction of sp³-hybridized carbons (Fsp3) is 0.364. The molecule has 2 aliphatic rings. The van der Waals surface area contributed by atoms with Crippen molar-refractivity contribution in [3.05, 3.63) is 104 Å². The molecule has 0 bridgehead atoms. The second kappa shape index (κ2) is 29.9. The van der Waals surface area contributed by atoms with E-state index in [1.54, 1.807) is 48.7 Å². The van der Waals surface area contributed by atoms with Gasteiger partial charge in [-0.05, 0) is 94.5 Å². The maximum atomic E-state index is 12.6. The minimum Gasteiger partial charge on any atom is -0.468 e. The van der Waals surface area contributed by atoms with Crippen LogP contribution in [0, 0.1) is 11.8 Å². The van der Waals surface area contributed by atoms with Crippen molar-refractivity contribution in [3.63, 3.8) is 0 Å². The highest BCUT2D eigenvalue weighted by Gasteiger charge is 2.22. The second-order valence-electron chi connectivity index (χ2n) is 17.0. The van der Waals surface area contributed by atoms with Gasteiger partial charge in [-0.15, -0.1) is 24.8 Å². The van der Waals surface area contributed by atoms with E-state index in [9.17, 15) is 27.6 Å².